The van der Waals surface area contributed by atoms with E-state index < -0.39 is 6.04 Å². The second-order valence-electron chi connectivity index (χ2n) is 3.82. The fraction of sp³-hybridized carbons (Fsp3) is 0.889. The van der Waals surface area contributed by atoms with Crippen LogP contribution in [-0.2, 0) is 9.53 Å². The fourth-order valence-corrected chi connectivity index (χ4v) is 1.24. The molecular formula is C9H18N2O2. The van der Waals surface area contributed by atoms with E-state index in [-0.39, 0.29) is 18.0 Å². The predicted molar refractivity (Wildman–Crippen MR) is 50.2 cm³/mol. The quantitative estimate of drug-likeness (QED) is 0.603. The molecule has 0 amide bonds. The van der Waals surface area contributed by atoms with Crippen molar-refractivity contribution in [3.63, 3.8) is 0 Å². The van der Waals surface area contributed by atoms with Gasteiger partial charge in [0, 0.05) is 6.54 Å². The first-order valence-electron chi connectivity index (χ1n) is 4.78. The summed E-state index contributed by atoms with van der Waals surface area (Å²) in [7, 11) is 0. The summed E-state index contributed by atoms with van der Waals surface area (Å²) in [6.45, 7) is 5.52. The van der Waals surface area contributed by atoms with E-state index in [2.05, 4.69) is 5.32 Å². The maximum atomic E-state index is 11.4. The molecule has 0 aromatic heterocycles. The maximum Gasteiger partial charge on any atom is 0.323 e. The molecule has 0 aliphatic carbocycles. The van der Waals surface area contributed by atoms with Crippen LogP contribution < -0.4 is 11.1 Å². The Balaban J connectivity index is 2.31. The highest BCUT2D eigenvalue weighted by atomic mass is 16.5. The van der Waals surface area contributed by atoms with E-state index in [1.165, 1.54) is 0 Å². The Morgan fingerprint density at radius 3 is 2.77 bits per heavy atom. The highest BCUT2D eigenvalue weighted by molar-refractivity contribution is 5.75. The van der Waals surface area contributed by atoms with E-state index >= 15 is 0 Å². The Morgan fingerprint density at radius 1 is 1.62 bits per heavy atom. The number of nitrogens with two attached hydrogens (primary N) is 1. The van der Waals surface area contributed by atoms with Crippen LogP contribution in [0.3, 0.4) is 0 Å². The standard InChI is InChI=1S/C9H18N2O2/c1-6(2)8(10)9(12)13-7-3-4-11-5-7/h6-8,11H,3-5,10H2,1-2H3. The van der Waals surface area contributed by atoms with Gasteiger partial charge in [0.25, 0.3) is 0 Å². The van der Waals surface area contributed by atoms with Gasteiger partial charge in [0.2, 0.25) is 0 Å². The van der Waals surface area contributed by atoms with Crippen molar-refractivity contribution >= 4 is 5.97 Å². The Hall–Kier alpha value is -0.610. The van der Waals surface area contributed by atoms with Gasteiger partial charge in [0.1, 0.15) is 12.1 Å². The number of ether oxygens (including phenoxy) is 1. The zero-order valence-corrected chi connectivity index (χ0v) is 8.25. The Bertz CT molecular complexity index is 176. The average molecular weight is 186 g/mol. The van der Waals surface area contributed by atoms with Crippen LogP contribution in [0.1, 0.15) is 20.3 Å². The van der Waals surface area contributed by atoms with Gasteiger partial charge in [0.05, 0.1) is 0 Å². The molecule has 0 aromatic carbocycles. The molecule has 0 spiro atoms. The molecule has 1 rings (SSSR count). The van der Waals surface area contributed by atoms with Crippen LogP contribution in [-0.4, -0.2) is 31.2 Å². The Labute approximate surface area is 78.8 Å². The molecule has 2 unspecified atom stereocenters. The lowest BCUT2D eigenvalue weighted by Gasteiger charge is -2.17. The van der Waals surface area contributed by atoms with Crippen molar-refractivity contribution in [3.05, 3.63) is 0 Å². The average Bonchev–Trinajstić information content (AvgIpc) is 2.55. The summed E-state index contributed by atoms with van der Waals surface area (Å²) in [5, 5.41) is 3.13. The van der Waals surface area contributed by atoms with Crippen molar-refractivity contribution < 1.29 is 9.53 Å². The fourth-order valence-electron chi connectivity index (χ4n) is 1.24. The van der Waals surface area contributed by atoms with E-state index in [0.717, 1.165) is 19.5 Å². The molecule has 1 saturated heterocycles. The van der Waals surface area contributed by atoms with Crippen LogP contribution >= 0.6 is 0 Å². The SMILES string of the molecule is CC(C)C(N)C(=O)OC1CCNC1. The number of carbonyl (C=O) groups is 1. The molecule has 0 radical (unpaired) electrons. The summed E-state index contributed by atoms with van der Waals surface area (Å²) >= 11 is 0. The summed E-state index contributed by atoms with van der Waals surface area (Å²) in [5.41, 5.74) is 5.64. The molecule has 3 N–H and O–H groups in total. The lowest BCUT2D eigenvalue weighted by Crippen LogP contribution is -2.39. The molecule has 1 heterocycles. The first kappa shape index (κ1) is 10.5. The predicted octanol–water partition coefficient (Wildman–Crippen LogP) is -0.125. The Kier molecular flexibility index (Phi) is 3.69. The third-order valence-corrected chi connectivity index (χ3v) is 2.29. The van der Waals surface area contributed by atoms with Crippen LogP contribution in [0.2, 0.25) is 0 Å². The van der Waals surface area contributed by atoms with Crippen LogP contribution in [0, 0.1) is 5.92 Å². The summed E-state index contributed by atoms with van der Waals surface area (Å²) in [6, 6.07) is -0.486. The number of hydrogen-bond acceptors (Lipinski definition) is 4. The molecule has 13 heavy (non-hydrogen) atoms. The normalized spacial score (nSPS) is 24.8. The highest BCUT2D eigenvalue weighted by Crippen LogP contribution is 2.07. The zero-order valence-electron chi connectivity index (χ0n) is 8.25. The lowest BCUT2D eigenvalue weighted by molar-refractivity contribution is -0.150. The van der Waals surface area contributed by atoms with Crippen LogP contribution in [0.25, 0.3) is 0 Å². The third kappa shape index (κ3) is 2.97. The molecule has 4 nitrogen and oxygen atoms in total. The first-order valence-corrected chi connectivity index (χ1v) is 4.78. The van der Waals surface area contributed by atoms with Gasteiger partial charge >= 0.3 is 5.97 Å². The second kappa shape index (κ2) is 4.58. The molecule has 0 aromatic rings. The van der Waals surface area contributed by atoms with Gasteiger partial charge in [-0.3, -0.25) is 4.79 Å². The minimum atomic E-state index is -0.486. The topological polar surface area (TPSA) is 64.4 Å². The molecule has 0 saturated carbocycles. The minimum Gasteiger partial charge on any atom is -0.460 e. The van der Waals surface area contributed by atoms with Crippen LogP contribution in [0.5, 0.6) is 0 Å². The van der Waals surface area contributed by atoms with E-state index in [9.17, 15) is 4.79 Å². The van der Waals surface area contributed by atoms with Crippen molar-refractivity contribution in [2.24, 2.45) is 11.7 Å². The molecule has 1 aliphatic rings. The molecule has 2 atom stereocenters. The molecular weight excluding hydrogens is 168 g/mol. The van der Waals surface area contributed by atoms with Crippen LogP contribution in [0.15, 0.2) is 0 Å². The third-order valence-electron chi connectivity index (χ3n) is 2.29. The van der Waals surface area contributed by atoms with Crippen molar-refractivity contribution in [1.29, 1.82) is 0 Å². The number of carbonyl (C=O) groups excluding carboxylic acids is 1. The van der Waals surface area contributed by atoms with Gasteiger partial charge in [-0.25, -0.2) is 0 Å². The molecule has 1 fully saturated rings. The van der Waals surface area contributed by atoms with Crippen molar-refractivity contribution in [2.45, 2.75) is 32.4 Å². The molecule has 76 valence electrons. The van der Waals surface area contributed by atoms with E-state index in [0.29, 0.717) is 0 Å². The van der Waals surface area contributed by atoms with Gasteiger partial charge in [0.15, 0.2) is 0 Å². The van der Waals surface area contributed by atoms with E-state index in [1.807, 2.05) is 13.8 Å². The zero-order chi connectivity index (χ0) is 9.84. The van der Waals surface area contributed by atoms with Crippen molar-refractivity contribution in [2.75, 3.05) is 13.1 Å². The van der Waals surface area contributed by atoms with Crippen LogP contribution in [0.4, 0.5) is 0 Å². The smallest absolute Gasteiger partial charge is 0.323 e. The van der Waals surface area contributed by atoms with Gasteiger partial charge in [-0.2, -0.15) is 0 Å². The first-order chi connectivity index (χ1) is 6.11. The summed E-state index contributed by atoms with van der Waals surface area (Å²) in [5.74, 6) is -0.134. The summed E-state index contributed by atoms with van der Waals surface area (Å²) < 4.78 is 5.21. The van der Waals surface area contributed by atoms with E-state index in [4.69, 9.17) is 10.5 Å². The molecule has 0 bridgehead atoms. The number of esters is 1. The molecule has 4 heteroatoms. The summed E-state index contributed by atoms with van der Waals surface area (Å²) in [4.78, 5) is 11.4. The number of hydrogen-bond donors (Lipinski definition) is 2. The van der Waals surface area contributed by atoms with Gasteiger partial charge in [-0.1, -0.05) is 13.8 Å². The van der Waals surface area contributed by atoms with Gasteiger partial charge in [-0.15, -0.1) is 0 Å². The lowest BCUT2D eigenvalue weighted by atomic mass is 10.1. The van der Waals surface area contributed by atoms with Crippen molar-refractivity contribution in [1.82, 2.24) is 5.32 Å². The maximum absolute atomic E-state index is 11.4. The van der Waals surface area contributed by atoms with Gasteiger partial charge < -0.3 is 15.8 Å². The highest BCUT2D eigenvalue weighted by Gasteiger charge is 2.24. The van der Waals surface area contributed by atoms with E-state index in [1.54, 1.807) is 0 Å². The largest absolute Gasteiger partial charge is 0.460 e. The van der Waals surface area contributed by atoms with Gasteiger partial charge in [-0.05, 0) is 18.9 Å². The summed E-state index contributed by atoms with van der Waals surface area (Å²) in [6.07, 6.45) is 0.925. The number of rotatable bonds is 3. The minimum absolute atomic E-state index is 0.0253. The molecule has 1 aliphatic heterocycles. The van der Waals surface area contributed by atoms with Crippen molar-refractivity contribution in [3.8, 4) is 0 Å². The second-order valence-corrected chi connectivity index (χ2v) is 3.82. The monoisotopic (exact) mass is 186 g/mol. The number of nitrogens with one attached hydrogen (secondary N) is 1. The Morgan fingerprint density at radius 2 is 2.31 bits per heavy atom.